The Morgan fingerprint density at radius 3 is 3.00 bits per heavy atom. The zero-order valence-corrected chi connectivity index (χ0v) is 9.97. The molecule has 0 unspecified atom stereocenters. The van der Waals surface area contributed by atoms with Crippen molar-refractivity contribution >= 4 is 42.5 Å². The molecule has 2 N–H and O–H groups in total. The molecule has 0 aliphatic rings. The van der Waals surface area contributed by atoms with Crippen molar-refractivity contribution in [1.29, 1.82) is 0 Å². The van der Waals surface area contributed by atoms with Gasteiger partial charge in [-0.2, -0.15) is 5.10 Å². The lowest BCUT2D eigenvalue weighted by Crippen LogP contribution is -2.12. The van der Waals surface area contributed by atoms with E-state index in [1.54, 1.807) is 24.4 Å². The molecule has 0 saturated heterocycles. The molecule has 0 fully saturated rings. The Bertz CT molecular complexity index is 578. The summed E-state index contributed by atoms with van der Waals surface area (Å²) >= 11 is 2.90. The third-order valence-corrected chi connectivity index (χ3v) is 4.50. The van der Waals surface area contributed by atoms with Gasteiger partial charge in [-0.15, -0.1) is 0 Å². The summed E-state index contributed by atoms with van der Waals surface area (Å²) in [5, 5.41) is 7.50. The minimum atomic E-state index is -3.29. The number of nitrogens with one attached hydrogen (secondary N) is 2. The van der Waals surface area contributed by atoms with Gasteiger partial charge in [0.05, 0.1) is 11.7 Å². The number of sulfonamides is 1. The number of rotatable bonds is 3. The molecule has 1 aromatic heterocycles. The maximum atomic E-state index is 11.3. The van der Waals surface area contributed by atoms with Crippen LogP contribution >= 0.6 is 15.9 Å². The lowest BCUT2D eigenvalue weighted by molar-refractivity contribution is 0.606. The summed E-state index contributed by atoms with van der Waals surface area (Å²) in [5.74, 6) is 0. The predicted octanol–water partition coefficient (Wildman–Crippen LogP) is 1.66. The van der Waals surface area contributed by atoms with E-state index in [4.69, 9.17) is 0 Å². The molecule has 80 valence electrons. The van der Waals surface area contributed by atoms with E-state index in [9.17, 15) is 8.42 Å². The van der Waals surface area contributed by atoms with E-state index in [1.165, 1.54) is 0 Å². The van der Waals surface area contributed by atoms with Crippen molar-refractivity contribution in [3.63, 3.8) is 0 Å². The summed E-state index contributed by atoms with van der Waals surface area (Å²) in [6, 6.07) is 5.17. The fraction of sp³-hybridized carbons (Fsp3) is 0.125. The number of nitrogens with zero attached hydrogens (tertiary/aromatic N) is 1. The smallest absolute Gasteiger partial charge is 0.242 e. The highest BCUT2D eigenvalue weighted by Crippen LogP contribution is 2.17. The first-order valence-corrected chi connectivity index (χ1v) is 6.88. The van der Waals surface area contributed by atoms with E-state index in [0.717, 1.165) is 10.9 Å². The van der Waals surface area contributed by atoms with Gasteiger partial charge < -0.3 is 0 Å². The number of H-pyrrole nitrogens is 1. The van der Waals surface area contributed by atoms with Gasteiger partial charge in [-0.25, -0.2) is 8.42 Å². The second-order valence-corrected chi connectivity index (χ2v) is 6.02. The normalized spacial score (nSPS) is 11.8. The number of aromatic amines is 1. The van der Waals surface area contributed by atoms with Gasteiger partial charge in [-0.1, -0.05) is 15.9 Å². The molecule has 0 atom stereocenters. The highest BCUT2D eigenvalue weighted by molar-refractivity contribution is 9.10. The topological polar surface area (TPSA) is 74.8 Å². The first kappa shape index (κ1) is 10.4. The Morgan fingerprint density at radius 2 is 2.27 bits per heavy atom. The minimum Gasteiger partial charge on any atom is -0.283 e. The fourth-order valence-electron chi connectivity index (χ4n) is 1.21. The third kappa shape index (κ3) is 2.29. The Balaban J connectivity index is 2.37. The Hall–Kier alpha value is -1.08. The van der Waals surface area contributed by atoms with E-state index < -0.39 is 10.0 Å². The minimum absolute atomic E-state index is 0.122. The van der Waals surface area contributed by atoms with Gasteiger partial charge in [0.1, 0.15) is 4.66 Å². The Kier molecular flexibility index (Phi) is 2.66. The van der Waals surface area contributed by atoms with E-state index >= 15 is 0 Å². The number of hydrogen-bond donors (Lipinski definition) is 2. The molecule has 7 heteroatoms. The highest BCUT2D eigenvalue weighted by Gasteiger charge is 2.07. The summed E-state index contributed by atoms with van der Waals surface area (Å²) in [6.45, 7) is 0. The number of hydrogen-bond acceptors (Lipinski definition) is 3. The zero-order valence-electron chi connectivity index (χ0n) is 7.57. The van der Waals surface area contributed by atoms with E-state index in [0.29, 0.717) is 5.69 Å². The Morgan fingerprint density at radius 1 is 1.47 bits per heavy atom. The monoisotopic (exact) mass is 289 g/mol. The molecule has 15 heavy (non-hydrogen) atoms. The molecule has 0 aliphatic carbocycles. The number of halogens is 1. The van der Waals surface area contributed by atoms with Crippen LogP contribution in [0.25, 0.3) is 10.9 Å². The lowest BCUT2D eigenvalue weighted by atomic mass is 10.2. The van der Waals surface area contributed by atoms with Crippen molar-refractivity contribution in [2.45, 2.75) is 0 Å². The Labute approximate surface area is 95.1 Å². The number of anilines is 1. The van der Waals surface area contributed by atoms with Crippen LogP contribution < -0.4 is 4.72 Å². The maximum absolute atomic E-state index is 11.3. The average molecular weight is 290 g/mol. The van der Waals surface area contributed by atoms with E-state index in [-0.39, 0.29) is 4.66 Å². The van der Waals surface area contributed by atoms with Crippen molar-refractivity contribution in [2.24, 2.45) is 0 Å². The number of alkyl halides is 1. The highest BCUT2D eigenvalue weighted by atomic mass is 79.9. The molecule has 2 aromatic rings. The second kappa shape index (κ2) is 3.82. The summed E-state index contributed by atoms with van der Waals surface area (Å²) < 4.78 is 24.8. The molecular weight excluding hydrogens is 282 g/mol. The standard InChI is InChI=1S/C8H8BrN3O2S/c9-5-15(13,14)12-7-1-2-8-6(3-7)4-10-11-8/h1-4,12H,5H2,(H,10,11). The van der Waals surface area contributed by atoms with Gasteiger partial charge in [-0.3, -0.25) is 9.82 Å². The van der Waals surface area contributed by atoms with Crippen LogP contribution in [0.4, 0.5) is 5.69 Å². The summed E-state index contributed by atoms with van der Waals surface area (Å²) in [5.41, 5.74) is 1.40. The summed E-state index contributed by atoms with van der Waals surface area (Å²) in [7, 11) is -3.29. The van der Waals surface area contributed by atoms with E-state index in [2.05, 4.69) is 30.8 Å². The molecule has 0 bridgehead atoms. The average Bonchev–Trinajstić information content (AvgIpc) is 2.64. The van der Waals surface area contributed by atoms with Crippen LogP contribution in [0, 0.1) is 0 Å². The molecule has 0 radical (unpaired) electrons. The van der Waals surface area contributed by atoms with Crippen LogP contribution in [-0.2, 0) is 10.0 Å². The second-order valence-electron chi connectivity index (χ2n) is 3.00. The van der Waals surface area contributed by atoms with Gasteiger partial charge in [0, 0.05) is 11.1 Å². The van der Waals surface area contributed by atoms with Crippen LogP contribution in [0.1, 0.15) is 0 Å². The first-order valence-electron chi connectivity index (χ1n) is 4.10. The van der Waals surface area contributed by atoms with Crippen molar-refractivity contribution < 1.29 is 8.42 Å². The molecule has 0 saturated carbocycles. The SMILES string of the molecule is O=S(=O)(CBr)Nc1ccc2[nH]ncc2c1. The van der Waals surface area contributed by atoms with Gasteiger partial charge in [0.25, 0.3) is 0 Å². The lowest BCUT2D eigenvalue weighted by Gasteiger charge is -2.04. The van der Waals surface area contributed by atoms with Crippen LogP contribution in [0.2, 0.25) is 0 Å². The summed E-state index contributed by atoms with van der Waals surface area (Å²) in [6.07, 6.45) is 1.64. The zero-order chi connectivity index (χ0) is 10.9. The molecule has 1 heterocycles. The first-order chi connectivity index (χ1) is 7.11. The fourth-order valence-corrected chi connectivity index (χ4v) is 2.10. The van der Waals surface area contributed by atoms with Crippen LogP contribution in [-0.4, -0.2) is 23.3 Å². The van der Waals surface area contributed by atoms with Crippen LogP contribution in [0.5, 0.6) is 0 Å². The van der Waals surface area contributed by atoms with Crippen molar-refractivity contribution in [2.75, 3.05) is 9.38 Å². The molecule has 1 aromatic carbocycles. The van der Waals surface area contributed by atoms with Crippen LogP contribution in [0.15, 0.2) is 24.4 Å². The number of benzene rings is 1. The molecule has 0 amide bonds. The molecule has 0 spiro atoms. The number of fused-ring (bicyclic) bond motifs is 1. The van der Waals surface area contributed by atoms with E-state index in [1.807, 2.05) is 0 Å². The molecular formula is C8H8BrN3O2S. The maximum Gasteiger partial charge on any atom is 0.242 e. The van der Waals surface area contributed by atoms with Crippen molar-refractivity contribution in [3.8, 4) is 0 Å². The largest absolute Gasteiger partial charge is 0.283 e. The van der Waals surface area contributed by atoms with Gasteiger partial charge in [0.15, 0.2) is 0 Å². The third-order valence-electron chi connectivity index (χ3n) is 1.86. The van der Waals surface area contributed by atoms with Gasteiger partial charge >= 0.3 is 0 Å². The van der Waals surface area contributed by atoms with Crippen LogP contribution in [0.3, 0.4) is 0 Å². The summed E-state index contributed by atoms with van der Waals surface area (Å²) in [4.78, 5) is 0. The van der Waals surface area contributed by atoms with Gasteiger partial charge in [0.2, 0.25) is 10.0 Å². The molecule has 2 rings (SSSR count). The van der Waals surface area contributed by atoms with Crippen molar-refractivity contribution in [3.05, 3.63) is 24.4 Å². The van der Waals surface area contributed by atoms with Crippen molar-refractivity contribution in [1.82, 2.24) is 10.2 Å². The number of aromatic nitrogens is 2. The molecule has 0 aliphatic heterocycles. The molecule has 5 nitrogen and oxygen atoms in total. The predicted molar refractivity (Wildman–Crippen MR) is 62.4 cm³/mol. The quantitative estimate of drug-likeness (QED) is 0.844. The van der Waals surface area contributed by atoms with Gasteiger partial charge in [-0.05, 0) is 18.2 Å².